The van der Waals surface area contributed by atoms with Crippen molar-refractivity contribution in [1.82, 2.24) is 0 Å². The van der Waals surface area contributed by atoms with Gasteiger partial charge >= 0.3 is 0 Å². The third-order valence-electron chi connectivity index (χ3n) is 16.3. The molecule has 2 aliphatic carbocycles. The summed E-state index contributed by atoms with van der Waals surface area (Å²) in [6.45, 7) is -6.98. The lowest BCUT2D eigenvalue weighted by atomic mass is 9.80. The molecule has 2 saturated carbocycles. The second-order valence-corrected chi connectivity index (χ2v) is 21.6. The van der Waals surface area contributed by atoms with Gasteiger partial charge in [0.25, 0.3) is 0 Å². The van der Waals surface area contributed by atoms with E-state index in [0.717, 1.165) is 0 Å². The Bertz CT molecular complexity index is 1580. The topological polar surface area (TPSA) is 545 Å². The smallest absolute Gasteiger partial charge is 0.187 e. The van der Waals surface area contributed by atoms with Gasteiger partial charge in [0, 0.05) is 12.5 Å². The van der Waals surface area contributed by atoms with Crippen molar-refractivity contribution >= 4 is 0 Å². The van der Waals surface area contributed by atoms with E-state index in [0.29, 0.717) is 0 Å². The molecule has 22 aliphatic rings. The number of aliphatic hydroxyl groups excluding tert-OH is 21. The van der Waals surface area contributed by atoms with Crippen molar-refractivity contribution in [3.05, 3.63) is 0 Å². The van der Waals surface area contributed by atoms with Gasteiger partial charge in [-0.3, -0.25) is 0 Å². The first kappa shape index (κ1) is 68.7. The van der Waals surface area contributed by atoms with E-state index in [9.17, 15) is 107 Å². The molecule has 0 amide bonds. The molecular weight excluding hydrogens is 1130 g/mol. The van der Waals surface area contributed by atoms with Gasteiger partial charge in [-0.25, -0.2) is 0 Å². The van der Waals surface area contributed by atoms with E-state index >= 15 is 0 Å². The van der Waals surface area contributed by atoms with Crippen molar-refractivity contribution < 1.29 is 169 Å². The monoisotopic (exact) mass is 1210 g/mol. The molecule has 22 fully saturated rings. The Kier molecular flexibility index (Phi) is 25.3. The number of rotatable bonds is 7. The fraction of sp³-hybridized carbons (Fsp3) is 0.959. The SMILES string of the molecule is C#C.C1CCC1.OCC1CC2OC3C(CO)OC(OC4C(CO)OC(OC5C(CO)OC(OC6C(CO)OC(OC7C(CO)OC(OC8C(CO)OC(OC1C(O)C2O)C(O)C8O)C(O)C7O)C(O)C6O)C(O)C5O)C(O)C4O)C(O)C3O. The van der Waals surface area contributed by atoms with Crippen LogP contribution in [-0.4, -0.2) is 362 Å². The molecule has 35 atom stereocenters. The van der Waals surface area contributed by atoms with Crippen LogP contribution in [0.3, 0.4) is 0 Å². The maximum atomic E-state index is 11.4. The Morgan fingerprint density at radius 1 is 0.229 bits per heavy atom. The quantitative estimate of drug-likeness (QED) is 0.105. The zero-order valence-corrected chi connectivity index (χ0v) is 44.5. The number of hydrogen-bond donors (Lipinski definition) is 21. The number of hydrogen-bond acceptors (Lipinski definition) is 34. The van der Waals surface area contributed by atoms with Crippen LogP contribution in [0.2, 0.25) is 0 Å². The van der Waals surface area contributed by atoms with E-state index in [2.05, 4.69) is 12.8 Å². The van der Waals surface area contributed by atoms with Crippen LogP contribution in [0, 0.1) is 18.8 Å². The van der Waals surface area contributed by atoms with E-state index in [1.165, 1.54) is 25.7 Å². The minimum absolute atomic E-state index is 0.427. The first-order valence-corrected chi connectivity index (χ1v) is 27.3. The van der Waals surface area contributed by atoms with Crippen LogP contribution in [0.4, 0.5) is 0 Å². The largest absolute Gasteiger partial charge is 0.396 e. The highest BCUT2D eigenvalue weighted by Crippen LogP contribution is 2.40. The van der Waals surface area contributed by atoms with E-state index < -0.39 is 267 Å². The van der Waals surface area contributed by atoms with Crippen molar-refractivity contribution in [2.24, 2.45) is 5.92 Å². The van der Waals surface area contributed by atoms with Crippen LogP contribution >= 0.6 is 0 Å². The zero-order chi connectivity index (χ0) is 60.9. The number of aliphatic hydroxyl groups is 21. The lowest BCUT2D eigenvalue weighted by Gasteiger charge is -2.50. The second-order valence-electron chi connectivity index (χ2n) is 21.6. The average molecular weight is 1220 g/mol. The molecule has 22 rings (SSSR count). The van der Waals surface area contributed by atoms with Crippen molar-refractivity contribution in [3.8, 4) is 12.8 Å². The lowest BCUT2D eigenvalue weighted by Crippen LogP contribution is -2.68. The van der Waals surface area contributed by atoms with Gasteiger partial charge in [-0.05, 0) is 6.42 Å². The Labute approximate surface area is 473 Å². The van der Waals surface area contributed by atoms with Crippen LogP contribution in [0.15, 0.2) is 0 Å². The normalized spacial score (nSPS) is 52.5. The maximum Gasteiger partial charge on any atom is 0.187 e. The molecule has 0 aromatic heterocycles. The van der Waals surface area contributed by atoms with Crippen molar-refractivity contribution in [2.75, 3.05) is 46.2 Å². The molecular formula is C49H82O34. The van der Waals surface area contributed by atoms with E-state index in [4.69, 9.17) is 61.6 Å². The van der Waals surface area contributed by atoms with Gasteiger partial charge in [0.1, 0.15) is 159 Å². The van der Waals surface area contributed by atoms with E-state index in [1.807, 2.05) is 0 Å². The van der Waals surface area contributed by atoms with Crippen molar-refractivity contribution in [1.29, 1.82) is 0 Å². The van der Waals surface area contributed by atoms with Crippen LogP contribution in [-0.2, 0) is 61.6 Å². The summed E-state index contributed by atoms with van der Waals surface area (Å²) < 4.78 is 74.4. The highest BCUT2D eigenvalue weighted by Gasteiger charge is 2.59. The summed E-state index contributed by atoms with van der Waals surface area (Å²) in [6.07, 6.45) is -53.0. The molecule has 0 spiro atoms. The molecule has 20 heterocycles. The molecule has 34 nitrogen and oxygen atoms in total. The Morgan fingerprint density at radius 2 is 0.422 bits per heavy atom. The third kappa shape index (κ3) is 14.5. The summed E-state index contributed by atoms with van der Waals surface area (Å²) >= 11 is 0. The van der Waals surface area contributed by atoms with Crippen LogP contribution in [0.5, 0.6) is 0 Å². The standard InChI is InChI=1S/C43H72O34.C4H8.C2H2/c44-2-9-1-10-17(51)18(52)31(9)72-38-26(60)20(54)33(12(4-46)67-38)74-40-28(62)22(56)35(14(6-48)69-40)76-42-30(64)24(58)37(16(8-50)71-42)77-43-29(63)23(57)36(15(7-49)70-43)75-41-27(61)21(55)34(13(5-47)68-41)73-39-25(59)19(53)32(65-10)11(3-45)66-39;1-2-4-3-1;1-2/h9-64H,1-8H2;1-4H2;1-2H. The minimum atomic E-state index is -2.20. The summed E-state index contributed by atoms with van der Waals surface area (Å²) in [4.78, 5) is 0. The molecule has 20 aliphatic heterocycles. The fourth-order valence-electron chi connectivity index (χ4n) is 11.2. The van der Waals surface area contributed by atoms with Gasteiger partial charge in [0.05, 0.1) is 51.8 Å². The Balaban J connectivity index is 0.00000156. The number of terminal acetylenes is 1. The molecule has 14 bridgehead atoms. The molecule has 35 unspecified atom stereocenters. The zero-order valence-electron chi connectivity index (χ0n) is 44.5. The third-order valence-corrected chi connectivity index (χ3v) is 16.3. The predicted molar refractivity (Wildman–Crippen MR) is 260 cm³/mol. The summed E-state index contributed by atoms with van der Waals surface area (Å²) in [6, 6.07) is 0. The minimum Gasteiger partial charge on any atom is -0.396 e. The van der Waals surface area contributed by atoms with Gasteiger partial charge in [-0.15, -0.1) is 12.8 Å². The van der Waals surface area contributed by atoms with Crippen LogP contribution in [0.1, 0.15) is 32.1 Å². The van der Waals surface area contributed by atoms with Gasteiger partial charge in [-0.2, -0.15) is 0 Å². The summed E-state index contributed by atoms with van der Waals surface area (Å²) in [5.41, 5.74) is 0. The summed E-state index contributed by atoms with van der Waals surface area (Å²) in [5.74, 6) is -1.23. The molecule has 0 radical (unpaired) electrons. The summed E-state index contributed by atoms with van der Waals surface area (Å²) in [5, 5.41) is 231. The average Bonchev–Trinajstić information content (AvgIpc) is 3.50. The Morgan fingerprint density at radius 3 is 0.614 bits per heavy atom. The molecule has 482 valence electrons. The Hall–Kier alpha value is -1.80. The van der Waals surface area contributed by atoms with Crippen LogP contribution < -0.4 is 0 Å². The highest BCUT2D eigenvalue weighted by atomic mass is 16.8. The summed E-state index contributed by atoms with van der Waals surface area (Å²) in [7, 11) is 0. The molecule has 0 aromatic carbocycles. The highest BCUT2D eigenvalue weighted by molar-refractivity contribution is 5.02. The molecule has 34 heteroatoms. The maximum absolute atomic E-state index is 11.4. The van der Waals surface area contributed by atoms with Gasteiger partial charge < -0.3 is 169 Å². The molecule has 83 heavy (non-hydrogen) atoms. The predicted octanol–water partition coefficient (Wildman–Crippen LogP) is -12.8. The van der Waals surface area contributed by atoms with Gasteiger partial charge in [0.15, 0.2) is 37.7 Å². The fourth-order valence-corrected chi connectivity index (χ4v) is 11.2. The van der Waals surface area contributed by atoms with Gasteiger partial charge in [-0.1, -0.05) is 25.7 Å². The molecule has 0 aromatic rings. The van der Waals surface area contributed by atoms with E-state index in [1.54, 1.807) is 0 Å². The first-order valence-electron chi connectivity index (χ1n) is 27.3. The molecule has 20 saturated heterocycles. The van der Waals surface area contributed by atoms with Crippen molar-refractivity contribution in [3.63, 3.8) is 0 Å². The molecule has 21 N–H and O–H groups in total. The van der Waals surface area contributed by atoms with Crippen LogP contribution in [0.25, 0.3) is 0 Å². The van der Waals surface area contributed by atoms with Crippen molar-refractivity contribution in [2.45, 2.75) is 241 Å². The lowest BCUT2D eigenvalue weighted by molar-refractivity contribution is -0.396. The second kappa shape index (κ2) is 30.6. The number of ether oxygens (including phenoxy) is 13. The first-order chi connectivity index (χ1) is 39.7. The van der Waals surface area contributed by atoms with Gasteiger partial charge in [0.2, 0.25) is 0 Å². The van der Waals surface area contributed by atoms with E-state index in [-0.39, 0.29) is 0 Å².